The summed E-state index contributed by atoms with van der Waals surface area (Å²) in [5.74, 6) is 0.442. The summed E-state index contributed by atoms with van der Waals surface area (Å²) in [6, 6.07) is 21.4. The fraction of sp³-hybridized carbons (Fsp3) is 0.250. The molecular weight excluding hydrogens is 206 g/mol. The van der Waals surface area contributed by atoms with Gasteiger partial charge in [0.1, 0.15) is 0 Å². The van der Waals surface area contributed by atoms with E-state index in [1.807, 2.05) is 0 Å². The van der Waals surface area contributed by atoms with Crippen LogP contribution in [0.2, 0.25) is 0 Å². The van der Waals surface area contributed by atoms with Crippen molar-refractivity contribution in [3.05, 3.63) is 71.8 Å². The van der Waals surface area contributed by atoms with Crippen molar-refractivity contribution >= 4 is 0 Å². The maximum absolute atomic E-state index is 3.45. The van der Waals surface area contributed by atoms with Gasteiger partial charge in [-0.15, -0.1) is 0 Å². The van der Waals surface area contributed by atoms with E-state index in [-0.39, 0.29) is 0 Å². The number of likely N-dealkylation sites (N-methyl/N-ethyl adjacent to an activating group) is 1. The summed E-state index contributed by atoms with van der Waals surface area (Å²) in [6.07, 6.45) is 0. The maximum atomic E-state index is 3.45. The summed E-state index contributed by atoms with van der Waals surface area (Å²) >= 11 is 0. The van der Waals surface area contributed by atoms with Crippen molar-refractivity contribution in [2.24, 2.45) is 0 Å². The normalized spacial score (nSPS) is 10.7. The van der Waals surface area contributed by atoms with Crippen LogP contribution in [0.1, 0.15) is 24.0 Å². The standard InChI is InChI=1S/C16H19N/c1-2-17-13-16(14-9-5-3-6-10-14)15-11-7-4-8-12-15/h3-12,16-17H,2,13H2,1H3. The van der Waals surface area contributed by atoms with Gasteiger partial charge in [0.2, 0.25) is 0 Å². The lowest BCUT2D eigenvalue weighted by Gasteiger charge is -2.18. The van der Waals surface area contributed by atoms with Gasteiger partial charge < -0.3 is 5.32 Å². The molecule has 0 bridgehead atoms. The fourth-order valence-electron chi connectivity index (χ4n) is 2.09. The summed E-state index contributed by atoms with van der Waals surface area (Å²) in [5, 5.41) is 3.45. The second-order valence-corrected chi connectivity index (χ2v) is 4.18. The molecule has 2 rings (SSSR count). The van der Waals surface area contributed by atoms with Crippen LogP contribution in [0.4, 0.5) is 0 Å². The fourth-order valence-corrected chi connectivity index (χ4v) is 2.09. The van der Waals surface area contributed by atoms with E-state index in [1.165, 1.54) is 11.1 Å². The van der Waals surface area contributed by atoms with E-state index in [0.717, 1.165) is 13.1 Å². The first-order valence-corrected chi connectivity index (χ1v) is 6.22. The molecule has 1 nitrogen and oxygen atoms in total. The van der Waals surface area contributed by atoms with E-state index >= 15 is 0 Å². The molecule has 0 radical (unpaired) electrons. The highest BCUT2D eigenvalue weighted by Crippen LogP contribution is 2.23. The van der Waals surface area contributed by atoms with Crippen LogP contribution >= 0.6 is 0 Å². The highest BCUT2D eigenvalue weighted by Gasteiger charge is 2.12. The molecule has 17 heavy (non-hydrogen) atoms. The predicted molar refractivity (Wildman–Crippen MR) is 73.3 cm³/mol. The largest absolute Gasteiger partial charge is 0.316 e. The van der Waals surface area contributed by atoms with E-state index in [1.54, 1.807) is 0 Å². The Kier molecular flexibility index (Phi) is 4.34. The zero-order valence-electron chi connectivity index (χ0n) is 10.3. The monoisotopic (exact) mass is 225 g/mol. The molecule has 0 fully saturated rings. The zero-order chi connectivity index (χ0) is 11.9. The van der Waals surface area contributed by atoms with Crippen molar-refractivity contribution in [3.8, 4) is 0 Å². The average molecular weight is 225 g/mol. The molecule has 0 heterocycles. The molecule has 0 amide bonds. The van der Waals surface area contributed by atoms with Crippen LogP contribution in [0.25, 0.3) is 0 Å². The molecule has 2 aromatic rings. The molecular formula is C16H19N. The molecule has 0 atom stereocenters. The number of hydrogen-bond donors (Lipinski definition) is 1. The molecule has 0 saturated carbocycles. The van der Waals surface area contributed by atoms with Gasteiger partial charge in [0, 0.05) is 12.5 Å². The Morgan fingerprint density at radius 1 is 0.824 bits per heavy atom. The molecule has 0 unspecified atom stereocenters. The molecule has 0 aliphatic heterocycles. The Bertz CT molecular complexity index is 382. The molecule has 0 aromatic heterocycles. The van der Waals surface area contributed by atoms with Gasteiger partial charge >= 0.3 is 0 Å². The van der Waals surface area contributed by atoms with Gasteiger partial charge in [-0.3, -0.25) is 0 Å². The minimum absolute atomic E-state index is 0.442. The Hall–Kier alpha value is -1.60. The smallest absolute Gasteiger partial charge is 0.0214 e. The van der Waals surface area contributed by atoms with Crippen LogP contribution in [0.15, 0.2) is 60.7 Å². The summed E-state index contributed by atoms with van der Waals surface area (Å²) < 4.78 is 0. The van der Waals surface area contributed by atoms with Crippen molar-refractivity contribution in [3.63, 3.8) is 0 Å². The van der Waals surface area contributed by atoms with E-state index in [9.17, 15) is 0 Å². The predicted octanol–water partition coefficient (Wildman–Crippen LogP) is 3.43. The molecule has 1 heteroatoms. The van der Waals surface area contributed by atoms with Gasteiger partial charge in [0.05, 0.1) is 0 Å². The van der Waals surface area contributed by atoms with Crippen LogP contribution in [-0.2, 0) is 0 Å². The molecule has 1 N–H and O–H groups in total. The molecule has 0 aliphatic carbocycles. The van der Waals surface area contributed by atoms with Gasteiger partial charge in [0.25, 0.3) is 0 Å². The highest BCUT2D eigenvalue weighted by atomic mass is 14.8. The SMILES string of the molecule is CCNCC(c1ccccc1)c1ccccc1. The average Bonchev–Trinajstić information content (AvgIpc) is 2.42. The van der Waals surface area contributed by atoms with Gasteiger partial charge in [-0.1, -0.05) is 67.6 Å². The summed E-state index contributed by atoms with van der Waals surface area (Å²) in [6.45, 7) is 4.15. The van der Waals surface area contributed by atoms with Crippen LogP contribution in [-0.4, -0.2) is 13.1 Å². The van der Waals surface area contributed by atoms with E-state index < -0.39 is 0 Å². The topological polar surface area (TPSA) is 12.0 Å². The second kappa shape index (κ2) is 6.21. The summed E-state index contributed by atoms with van der Waals surface area (Å²) in [4.78, 5) is 0. The van der Waals surface area contributed by atoms with E-state index in [2.05, 4.69) is 72.9 Å². The third-order valence-corrected chi connectivity index (χ3v) is 3.00. The van der Waals surface area contributed by atoms with Gasteiger partial charge in [-0.05, 0) is 17.7 Å². The van der Waals surface area contributed by atoms with Gasteiger partial charge in [-0.25, -0.2) is 0 Å². The number of benzene rings is 2. The third kappa shape index (κ3) is 3.18. The van der Waals surface area contributed by atoms with E-state index in [0.29, 0.717) is 5.92 Å². The van der Waals surface area contributed by atoms with Crippen LogP contribution in [0.3, 0.4) is 0 Å². The summed E-state index contributed by atoms with van der Waals surface area (Å²) in [7, 11) is 0. The first-order valence-electron chi connectivity index (χ1n) is 6.22. The number of rotatable bonds is 5. The Labute approximate surface area is 103 Å². The van der Waals surface area contributed by atoms with Gasteiger partial charge in [-0.2, -0.15) is 0 Å². The molecule has 88 valence electrons. The van der Waals surface area contributed by atoms with Crippen molar-refractivity contribution < 1.29 is 0 Å². The second-order valence-electron chi connectivity index (χ2n) is 4.18. The van der Waals surface area contributed by atoms with Gasteiger partial charge in [0.15, 0.2) is 0 Å². The molecule has 0 spiro atoms. The zero-order valence-corrected chi connectivity index (χ0v) is 10.3. The minimum atomic E-state index is 0.442. The number of hydrogen-bond acceptors (Lipinski definition) is 1. The number of nitrogens with one attached hydrogen (secondary N) is 1. The highest BCUT2D eigenvalue weighted by molar-refractivity contribution is 5.32. The van der Waals surface area contributed by atoms with E-state index in [4.69, 9.17) is 0 Å². The lowest BCUT2D eigenvalue weighted by atomic mass is 9.91. The van der Waals surface area contributed by atoms with Crippen LogP contribution < -0.4 is 5.32 Å². The lowest BCUT2D eigenvalue weighted by Crippen LogP contribution is -2.21. The Morgan fingerprint density at radius 3 is 1.71 bits per heavy atom. The maximum Gasteiger partial charge on any atom is 0.0214 e. The lowest BCUT2D eigenvalue weighted by molar-refractivity contribution is 0.658. The Balaban J connectivity index is 2.26. The summed E-state index contributed by atoms with van der Waals surface area (Å²) in [5.41, 5.74) is 2.75. The molecule has 2 aromatic carbocycles. The van der Waals surface area contributed by atoms with Crippen molar-refractivity contribution in [1.82, 2.24) is 5.32 Å². The third-order valence-electron chi connectivity index (χ3n) is 3.00. The van der Waals surface area contributed by atoms with Crippen LogP contribution in [0, 0.1) is 0 Å². The van der Waals surface area contributed by atoms with Crippen LogP contribution in [0.5, 0.6) is 0 Å². The molecule has 0 aliphatic rings. The first kappa shape index (κ1) is 11.9. The quantitative estimate of drug-likeness (QED) is 0.822. The minimum Gasteiger partial charge on any atom is -0.316 e. The van der Waals surface area contributed by atoms with Crippen molar-refractivity contribution in [2.75, 3.05) is 13.1 Å². The first-order chi connectivity index (χ1) is 8.42. The Morgan fingerprint density at radius 2 is 1.29 bits per heavy atom. The van der Waals surface area contributed by atoms with Crippen molar-refractivity contribution in [2.45, 2.75) is 12.8 Å². The molecule has 0 saturated heterocycles. The van der Waals surface area contributed by atoms with Crippen molar-refractivity contribution in [1.29, 1.82) is 0 Å².